The fraction of sp³-hybridized carbons (Fsp3) is 0.188. The molecule has 1 aromatic carbocycles. The largest absolute Gasteiger partial charge is 0.364 e. The zero-order valence-corrected chi connectivity index (χ0v) is 15.3. The van der Waals surface area contributed by atoms with E-state index in [0.29, 0.717) is 35.6 Å². The third-order valence-corrected chi connectivity index (χ3v) is 5.07. The predicted octanol–water partition coefficient (Wildman–Crippen LogP) is 3.99. The van der Waals surface area contributed by atoms with E-state index in [-0.39, 0.29) is 9.95 Å². The van der Waals surface area contributed by atoms with Gasteiger partial charge < -0.3 is 10.2 Å². The third kappa shape index (κ3) is 4.56. The molecule has 1 N–H and O–H groups in total. The molecular weight excluding hydrogens is 383 g/mol. The Morgan fingerprint density at radius 3 is 2.68 bits per heavy atom. The maximum absolute atomic E-state index is 11.6. The number of nitro groups is 1. The minimum atomic E-state index is -0.361. The van der Waals surface area contributed by atoms with Gasteiger partial charge in [0.1, 0.15) is 5.15 Å². The minimum absolute atomic E-state index is 0.0572. The van der Waals surface area contributed by atoms with Crippen LogP contribution in [0.1, 0.15) is 5.56 Å². The van der Waals surface area contributed by atoms with E-state index >= 15 is 0 Å². The lowest BCUT2D eigenvalue weighted by atomic mass is 10.2. The van der Waals surface area contributed by atoms with Crippen LogP contribution < -0.4 is 5.32 Å². The van der Waals surface area contributed by atoms with Gasteiger partial charge in [-0.05, 0) is 47.7 Å². The van der Waals surface area contributed by atoms with Crippen LogP contribution in [-0.2, 0) is 6.54 Å². The first-order valence-corrected chi connectivity index (χ1v) is 9.01. The third-order valence-electron chi connectivity index (χ3n) is 3.55. The molecular formula is C16H14Cl2N4O2S. The zero-order valence-electron chi connectivity index (χ0n) is 13.0. The van der Waals surface area contributed by atoms with E-state index in [2.05, 4.69) is 10.3 Å². The Labute approximate surface area is 159 Å². The predicted molar refractivity (Wildman–Crippen MR) is 99.0 cm³/mol. The molecule has 0 atom stereocenters. The molecule has 0 spiro atoms. The van der Waals surface area contributed by atoms with Gasteiger partial charge >= 0.3 is 5.03 Å². The summed E-state index contributed by atoms with van der Waals surface area (Å²) >= 11 is 12.8. The van der Waals surface area contributed by atoms with Crippen molar-refractivity contribution in [2.75, 3.05) is 13.1 Å². The molecule has 3 rings (SSSR count). The molecule has 1 aromatic heterocycles. The molecule has 25 heavy (non-hydrogen) atoms. The quantitative estimate of drug-likeness (QED) is 0.356. The molecule has 0 radical (unpaired) electrons. The van der Waals surface area contributed by atoms with E-state index in [1.807, 2.05) is 11.0 Å². The first-order valence-electron chi connectivity index (χ1n) is 7.44. The average molecular weight is 397 g/mol. The van der Waals surface area contributed by atoms with Gasteiger partial charge in [0.05, 0.1) is 4.92 Å². The van der Waals surface area contributed by atoms with Crippen molar-refractivity contribution in [2.24, 2.45) is 0 Å². The normalized spacial score (nSPS) is 15.8. The number of benzene rings is 1. The Kier molecular flexibility index (Phi) is 5.67. The van der Waals surface area contributed by atoms with E-state index in [1.54, 1.807) is 36.5 Å². The van der Waals surface area contributed by atoms with Crippen molar-refractivity contribution in [3.8, 4) is 0 Å². The average Bonchev–Trinajstić information content (AvgIpc) is 3.04. The number of aromatic nitrogens is 1. The number of hydrogen-bond donors (Lipinski definition) is 1. The lowest BCUT2D eigenvalue weighted by Gasteiger charge is -2.18. The molecule has 1 saturated heterocycles. The molecule has 0 unspecified atom stereocenters. The molecule has 0 bridgehead atoms. The molecule has 1 aliphatic heterocycles. The SMILES string of the molecule is O=[N+]([O-])/C(Sc1ccc(Cl)cc1)=C1\NCCN1Cc1ccc(Cl)nc1. The summed E-state index contributed by atoms with van der Waals surface area (Å²) in [5.74, 6) is 0.514. The second-order valence-electron chi connectivity index (χ2n) is 5.30. The van der Waals surface area contributed by atoms with Gasteiger partial charge in [-0.25, -0.2) is 4.98 Å². The molecule has 1 aliphatic rings. The maximum Gasteiger partial charge on any atom is 0.347 e. The molecule has 6 nitrogen and oxygen atoms in total. The highest BCUT2D eigenvalue weighted by molar-refractivity contribution is 8.02. The molecule has 130 valence electrons. The van der Waals surface area contributed by atoms with E-state index in [1.165, 1.54) is 0 Å². The number of thioether (sulfide) groups is 1. The van der Waals surface area contributed by atoms with Crippen LogP contribution in [0.25, 0.3) is 0 Å². The lowest BCUT2D eigenvalue weighted by molar-refractivity contribution is -0.412. The number of hydrogen-bond acceptors (Lipinski definition) is 6. The molecule has 2 heterocycles. The van der Waals surface area contributed by atoms with Crippen molar-refractivity contribution in [1.29, 1.82) is 0 Å². The topological polar surface area (TPSA) is 71.3 Å². The lowest BCUT2D eigenvalue weighted by Crippen LogP contribution is -2.23. The molecule has 1 fully saturated rings. The maximum atomic E-state index is 11.6. The van der Waals surface area contributed by atoms with Crippen LogP contribution in [0.4, 0.5) is 0 Å². The van der Waals surface area contributed by atoms with Gasteiger partial charge in [-0.2, -0.15) is 0 Å². The van der Waals surface area contributed by atoms with Crippen LogP contribution in [0.2, 0.25) is 10.2 Å². The Hall–Kier alpha value is -1.96. The van der Waals surface area contributed by atoms with E-state index in [0.717, 1.165) is 22.2 Å². The van der Waals surface area contributed by atoms with Crippen molar-refractivity contribution < 1.29 is 4.92 Å². The fourth-order valence-electron chi connectivity index (χ4n) is 2.41. The first-order chi connectivity index (χ1) is 12.0. The summed E-state index contributed by atoms with van der Waals surface area (Å²) in [7, 11) is 0. The summed E-state index contributed by atoms with van der Waals surface area (Å²) in [5.41, 5.74) is 0.935. The van der Waals surface area contributed by atoms with Crippen LogP contribution in [0.15, 0.2) is 58.3 Å². The number of pyridine rings is 1. The van der Waals surface area contributed by atoms with Crippen LogP contribution in [0.5, 0.6) is 0 Å². The van der Waals surface area contributed by atoms with Gasteiger partial charge in [0, 0.05) is 35.7 Å². The van der Waals surface area contributed by atoms with E-state index < -0.39 is 0 Å². The Morgan fingerprint density at radius 1 is 1.28 bits per heavy atom. The summed E-state index contributed by atoms with van der Waals surface area (Å²) in [5, 5.41) is 15.8. The van der Waals surface area contributed by atoms with Crippen molar-refractivity contribution >= 4 is 35.0 Å². The van der Waals surface area contributed by atoms with E-state index in [4.69, 9.17) is 23.2 Å². The smallest absolute Gasteiger partial charge is 0.347 e. The van der Waals surface area contributed by atoms with Crippen molar-refractivity contribution in [1.82, 2.24) is 15.2 Å². The highest BCUT2D eigenvalue weighted by atomic mass is 35.5. The Morgan fingerprint density at radius 2 is 2.04 bits per heavy atom. The highest BCUT2D eigenvalue weighted by Gasteiger charge is 2.29. The summed E-state index contributed by atoms with van der Waals surface area (Å²) in [6.07, 6.45) is 1.68. The monoisotopic (exact) mass is 396 g/mol. The fourth-order valence-corrected chi connectivity index (χ4v) is 3.51. The van der Waals surface area contributed by atoms with Gasteiger partial charge in [0.2, 0.25) is 0 Å². The van der Waals surface area contributed by atoms with Gasteiger partial charge in [0.15, 0.2) is 5.82 Å². The molecule has 0 aliphatic carbocycles. The number of halogens is 2. The van der Waals surface area contributed by atoms with Crippen molar-refractivity contribution in [2.45, 2.75) is 11.4 Å². The second-order valence-corrected chi connectivity index (χ2v) is 7.19. The summed E-state index contributed by atoms with van der Waals surface area (Å²) in [6.45, 7) is 1.84. The Bertz CT molecular complexity index is 797. The zero-order chi connectivity index (χ0) is 17.8. The second kappa shape index (κ2) is 7.95. The molecule has 9 heteroatoms. The highest BCUT2D eigenvalue weighted by Crippen LogP contribution is 2.32. The minimum Gasteiger partial charge on any atom is -0.364 e. The summed E-state index contributed by atoms with van der Waals surface area (Å²) in [6, 6.07) is 10.5. The van der Waals surface area contributed by atoms with Crippen LogP contribution in [0.3, 0.4) is 0 Å². The van der Waals surface area contributed by atoms with Gasteiger partial charge in [-0.15, -0.1) is 0 Å². The van der Waals surface area contributed by atoms with Crippen LogP contribution in [0, 0.1) is 10.1 Å². The van der Waals surface area contributed by atoms with Crippen molar-refractivity contribution in [3.05, 3.63) is 79.3 Å². The molecule has 0 saturated carbocycles. The van der Waals surface area contributed by atoms with Gasteiger partial charge in [-0.3, -0.25) is 10.1 Å². The van der Waals surface area contributed by atoms with E-state index in [9.17, 15) is 10.1 Å². The standard InChI is InChI=1S/C16H14Cl2N4O2S/c17-12-2-4-13(5-3-12)25-16(22(23)24)15-19-7-8-21(15)10-11-1-6-14(18)20-9-11/h1-6,9,19H,7-8,10H2/b16-15-. The molecule has 2 aromatic rings. The molecule has 0 amide bonds. The summed E-state index contributed by atoms with van der Waals surface area (Å²) < 4.78 is 0. The van der Waals surface area contributed by atoms with Crippen molar-refractivity contribution in [3.63, 3.8) is 0 Å². The first kappa shape index (κ1) is 17.8. The number of nitrogens with zero attached hydrogens (tertiary/aromatic N) is 3. The van der Waals surface area contributed by atoms with Crippen LogP contribution >= 0.6 is 35.0 Å². The van der Waals surface area contributed by atoms with Crippen LogP contribution in [-0.4, -0.2) is 27.9 Å². The number of nitrogens with one attached hydrogen (secondary N) is 1. The number of rotatable bonds is 5. The summed E-state index contributed by atoms with van der Waals surface area (Å²) in [4.78, 5) is 18.0. The van der Waals surface area contributed by atoms with Gasteiger partial charge in [0.25, 0.3) is 0 Å². The van der Waals surface area contributed by atoms with Gasteiger partial charge in [-0.1, -0.05) is 29.3 Å². The Balaban J connectivity index is 1.85.